The van der Waals surface area contributed by atoms with E-state index in [0.29, 0.717) is 0 Å². The van der Waals surface area contributed by atoms with Gasteiger partial charge in [-0.05, 0) is 0 Å². The van der Waals surface area contributed by atoms with Gasteiger partial charge in [0, 0.05) is 10.7 Å². The van der Waals surface area contributed by atoms with Crippen molar-refractivity contribution in [3.8, 4) is 0 Å². The molecule has 0 saturated carbocycles. The number of hydrogen-bond acceptors (Lipinski definition) is 6. The van der Waals surface area contributed by atoms with Crippen LogP contribution in [0, 0.1) is 0 Å². The molecule has 0 N–H and O–H groups in total. The van der Waals surface area contributed by atoms with Crippen molar-refractivity contribution in [2.75, 3.05) is 5.75 Å². The maximum Gasteiger partial charge on any atom is 0.286 e. The van der Waals surface area contributed by atoms with Crippen LogP contribution in [0.5, 0.6) is 0 Å². The highest BCUT2D eigenvalue weighted by Crippen LogP contribution is 2.23. The zero-order valence-electron chi connectivity index (χ0n) is 6.71. The first-order chi connectivity index (χ1) is 5.97. The Balaban J connectivity index is 5.68. The zero-order chi connectivity index (χ0) is 11.8. The van der Waals surface area contributed by atoms with Crippen molar-refractivity contribution in [2.24, 2.45) is 0 Å². The van der Waals surface area contributed by atoms with Gasteiger partial charge in [-0.1, -0.05) is 18.5 Å². The van der Waals surface area contributed by atoms with Gasteiger partial charge in [-0.25, -0.2) is 25.3 Å². The largest absolute Gasteiger partial charge is 0.286 e. The minimum absolute atomic E-state index is 0.773. The molecule has 0 radical (unpaired) electrons. The van der Waals surface area contributed by atoms with Gasteiger partial charge in [0.1, 0.15) is 0 Å². The van der Waals surface area contributed by atoms with E-state index in [1.54, 1.807) is 0 Å². The lowest BCUT2D eigenvalue weighted by Crippen LogP contribution is -2.29. The molecule has 0 spiro atoms. The third-order valence-corrected chi connectivity index (χ3v) is 11.6. The molecule has 11 heteroatoms. The number of hydrogen-bond donors (Lipinski definition) is 0. The van der Waals surface area contributed by atoms with E-state index < -0.39 is 36.6 Å². The Hall–Kier alpha value is 0.430. The topological polar surface area (TPSA) is 102 Å². The summed E-state index contributed by atoms with van der Waals surface area (Å²) in [5.41, 5.74) is 0. The second-order valence-electron chi connectivity index (χ2n) is 2.09. The smallest absolute Gasteiger partial charge is 0.213 e. The molecule has 0 aromatic heterocycles. The molecule has 0 bridgehead atoms. The normalized spacial score (nSPS) is 16.5. The van der Waals surface area contributed by atoms with Crippen molar-refractivity contribution >= 4 is 49.1 Å². The number of halogens is 2. The molecule has 0 fully saturated rings. The van der Waals surface area contributed by atoms with Crippen LogP contribution >= 0.6 is 22.3 Å². The first-order valence-electron chi connectivity index (χ1n) is 3.01. The average Bonchev–Trinajstić information content (AvgIpc) is 2.01. The van der Waals surface area contributed by atoms with Gasteiger partial charge >= 0.3 is 0 Å². The highest BCUT2D eigenvalue weighted by Gasteiger charge is 2.43. The van der Waals surface area contributed by atoms with E-state index in [0.717, 1.165) is 6.92 Å². The molecule has 0 aromatic carbocycles. The Morgan fingerprint density at radius 2 is 1.43 bits per heavy atom. The third-order valence-electron chi connectivity index (χ3n) is 1.16. The van der Waals surface area contributed by atoms with Crippen LogP contribution in [-0.2, 0) is 26.8 Å². The predicted octanol–water partition coefficient (Wildman–Crippen LogP) is -0.158. The van der Waals surface area contributed by atoms with Crippen LogP contribution in [0.15, 0.2) is 0 Å². The van der Waals surface area contributed by atoms with Gasteiger partial charge in [0.25, 0.3) is 30.8 Å². The van der Waals surface area contributed by atoms with Gasteiger partial charge in [0.05, 0.1) is 5.75 Å². The van der Waals surface area contributed by atoms with Crippen LogP contribution < -0.4 is 0 Å². The molecule has 0 aliphatic rings. The van der Waals surface area contributed by atoms with Crippen molar-refractivity contribution in [1.29, 1.82) is 0 Å². The molecule has 86 valence electrons. The summed E-state index contributed by atoms with van der Waals surface area (Å²) in [6, 6.07) is 0. The lowest BCUT2D eigenvalue weighted by Gasteiger charge is -2.06. The Kier molecular flexibility index (Phi) is 4.25. The van der Waals surface area contributed by atoms with Crippen molar-refractivity contribution in [2.45, 2.75) is 11.0 Å². The molecule has 0 aliphatic heterocycles. The Morgan fingerprint density at radius 1 is 1.07 bits per heavy atom. The minimum atomic E-state index is -5.03. The SMILES string of the molecule is CCS(=O)(=O)S(=O)(=O)C(Cl)S(=O)(=O)Cl. The number of alkyl halides is 1. The monoisotopic (exact) mass is 304 g/mol. The van der Waals surface area contributed by atoms with Crippen LogP contribution in [0.4, 0.5) is 0 Å². The van der Waals surface area contributed by atoms with Gasteiger partial charge in [-0.2, -0.15) is 0 Å². The maximum absolute atomic E-state index is 11.0. The van der Waals surface area contributed by atoms with E-state index in [-0.39, 0.29) is 0 Å². The van der Waals surface area contributed by atoms with Crippen molar-refractivity contribution in [3.63, 3.8) is 0 Å². The lowest BCUT2D eigenvalue weighted by molar-refractivity contribution is 0.581. The third kappa shape index (κ3) is 2.72. The molecule has 0 heterocycles. The second kappa shape index (κ2) is 4.12. The second-order valence-corrected chi connectivity index (χ2v) is 12.1. The summed E-state index contributed by atoms with van der Waals surface area (Å²) in [5, 5.41) is 0. The van der Waals surface area contributed by atoms with E-state index in [2.05, 4.69) is 10.7 Å². The molecular formula is C3H6Cl2O6S3. The summed E-state index contributed by atoms with van der Waals surface area (Å²) >= 11 is 4.92. The van der Waals surface area contributed by atoms with Gasteiger partial charge in [0.15, 0.2) is 0 Å². The van der Waals surface area contributed by atoms with E-state index in [9.17, 15) is 25.3 Å². The predicted molar refractivity (Wildman–Crippen MR) is 52.8 cm³/mol. The van der Waals surface area contributed by atoms with E-state index in [4.69, 9.17) is 11.6 Å². The first-order valence-corrected chi connectivity index (χ1v) is 9.53. The van der Waals surface area contributed by atoms with Crippen LogP contribution in [0.3, 0.4) is 0 Å². The molecule has 14 heavy (non-hydrogen) atoms. The molecule has 0 rings (SSSR count). The van der Waals surface area contributed by atoms with E-state index in [1.165, 1.54) is 0 Å². The van der Waals surface area contributed by atoms with Crippen LogP contribution in [0.2, 0.25) is 0 Å². The summed E-state index contributed by atoms with van der Waals surface area (Å²) in [6.45, 7) is 1.04. The molecule has 0 aliphatic carbocycles. The Labute approximate surface area is 90.9 Å². The fraction of sp³-hybridized carbons (Fsp3) is 1.00. The van der Waals surface area contributed by atoms with Crippen LogP contribution in [-0.4, -0.2) is 35.0 Å². The standard InChI is InChI=1S/C3H6Cl2O6S3/c1-2-12(6,7)14(10,11)3(4)13(5,8)9/h3H,2H2,1H3. The van der Waals surface area contributed by atoms with Crippen LogP contribution in [0.25, 0.3) is 0 Å². The van der Waals surface area contributed by atoms with E-state index >= 15 is 0 Å². The van der Waals surface area contributed by atoms with E-state index in [1.807, 2.05) is 0 Å². The first kappa shape index (κ1) is 14.4. The van der Waals surface area contributed by atoms with Crippen molar-refractivity contribution in [1.82, 2.24) is 0 Å². The molecule has 1 unspecified atom stereocenters. The van der Waals surface area contributed by atoms with Gasteiger partial charge in [-0.3, -0.25) is 0 Å². The lowest BCUT2D eigenvalue weighted by atomic mass is 11.0. The minimum Gasteiger partial charge on any atom is -0.213 e. The highest BCUT2D eigenvalue weighted by molar-refractivity contribution is 8.69. The molecule has 0 aromatic rings. The summed E-state index contributed by atoms with van der Waals surface area (Å²) in [6.07, 6.45) is 0. The fourth-order valence-electron chi connectivity index (χ4n) is 0.420. The van der Waals surface area contributed by atoms with Gasteiger partial charge in [-0.15, -0.1) is 0 Å². The molecule has 6 nitrogen and oxygen atoms in total. The fourth-order valence-corrected chi connectivity index (χ4v) is 8.04. The number of rotatable bonds is 4. The Bertz CT molecular complexity index is 499. The Morgan fingerprint density at radius 3 is 1.64 bits per heavy atom. The summed E-state index contributed by atoms with van der Waals surface area (Å²) in [5.74, 6) is -0.773. The maximum atomic E-state index is 11.0. The van der Waals surface area contributed by atoms with Gasteiger partial charge < -0.3 is 0 Å². The summed E-state index contributed by atoms with van der Waals surface area (Å²) in [4.78, 5) is 0. The zero-order valence-corrected chi connectivity index (χ0v) is 10.7. The quantitative estimate of drug-likeness (QED) is 0.406. The van der Waals surface area contributed by atoms with Crippen molar-refractivity contribution in [3.05, 3.63) is 0 Å². The molecular weight excluding hydrogens is 299 g/mol. The van der Waals surface area contributed by atoms with Crippen molar-refractivity contribution < 1.29 is 25.3 Å². The van der Waals surface area contributed by atoms with Crippen LogP contribution in [0.1, 0.15) is 6.92 Å². The highest BCUT2D eigenvalue weighted by atomic mass is 35.7. The summed E-state index contributed by atoms with van der Waals surface area (Å²) in [7, 11) is -9.69. The molecule has 0 saturated heterocycles. The van der Waals surface area contributed by atoms with Gasteiger partial charge in [0.2, 0.25) is 0 Å². The molecule has 0 amide bonds. The summed E-state index contributed by atoms with van der Waals surface area (Å²) < 4.78 is 62.3. The average molecular weight is 305 g/mol. The molecule has 1 atom stereocenters.